The Morgan fingerprint density at radius 3 is 2.54 bits per heavy atom. The van der Waals surface area contributed by atoms with E-state index in [2.05, 4.69) is 25.1 Å². The van der Waals surface area contributed by atoms with Crippen LogP contribution in [0, 0.1) is 0 Å². The molecule has 0 aliphatic rings. The average molecular weight is 349 g/mol. The summed E-state index contributed by atoms with van der Waals surface area (Å²) in [7, 11) is 3.31. The summed E-state index contributed by atoms with van der Waals surface area (Å²) in [4.78, 5) is 12.0. The Bertz CT molecular complexity index is 982. The Hall–Kier alpha value is -3.35. The summed E-state index contributed by atoms with van der Waals surface area (Å²) in [5.74, 6) is 2.29. The molecular formula is C19H19N5O2. The Morgan fingerprint density at radius 2 is 1.81 bits per heavy atom. The summed E-state index contributed by atoms with van der Waals surface area (Å²) in [5, 5.41) is 7.45. The van der Waals surface area contributed by atoms with Gasteiger partial charge in [0.05, 0.1) is 19.7 Å². The standard InChI is InChI=1S/C19H19N5O2/c1-25-14-8-12(9-15(11-14)26-2)5-6-13-10-17(24-23-13)19-21-16-4-3-7-20-18(16)22-19/h3-4,7-11H,5-6H2,1-2H3,(H,23,24)(H,20,21,22). The highest BCUT2D eigenvalue weighted by Gasteiger charge is 2.10. The van der Waals surface area contributed by atoms with Gasteiger partial charge in [-0.05, 0) is 48.7 Å². The van der Waals surface area contributed by atoms with Crippen LogP contribution in [0.4, 0.5) is 0 Å². The summed E-state index contributed by atoms with van der Waals surface area (Å²) in [6.07, 6.45) is 3.39. The van der Waals surface area contributed by atoms with Crippen LogP contribution in [0.25, 0.3) is 22.7 Å². The van der Waals surface area contributed by atoms with E-state index in [1.165, 1.54) is 0 Å². The number of aromatic nitrogens is 5. The van der Waals surface area contributed by atoms with Crippen molar-refractivity contribution in [3.63, 3.8) is 0 Å². The third-order valence-corrected chi connectivity index (χ3v) is 4.23. The van der Waals surface area contributed by atoms with Crippen LogP contribution in [0.15, 0.2) is 42.6 Å². The average Bonchev–Trinajstić information content (AvgIpc) is 3.32. The maximum atomic E-state index is 5.32. The molecule has 3 heterocycles. The number of aromatic amines is 2. The number of aryl methyl sites for hydroxylation is 2. The van der Waals surface area contributed by atoms with Gasteiger partial charge in [0.25, 0.3) is 0 Å². The quantitative estimate of drug-likeness (QED) is 0.558. The lowest BCUT2D eigenvalue weighted by atomic mass is 10.1. The number of benzene rings is 1. The van der Waals surface area contributed by atoms with Crippen LogP contribution in [0.5, 0.6) is 11.5 Å². The molecule has 0 aliphatic carbocycles. The number of pyridine rings is 1. The molecule has 2 N–H and O–H groups in total. The van der Waals surface area contributed by atoms with Gasteiger partial charge in [-0.2, -0.15) is 5.10 Å². The van der Waals surface area contributed by atoms with Gasteiger partial charge in [0.15, 0.2) is 11.5 Å². The zero-order valence-corrected chi connectivity index (χ0v) is 14.6. The number of H-pyrrole nitrogens is 2. The van der Waals surface area contributed by atoms with E-state index in [-0.39, 0.29) is 0 Å². The number of methoxy groups -OCH3 is 2. The molecule has 26 heavy (non-hydrogen) atoms. The molecule has 0 saturated heterocycles. The van der Waals surface area contributed by atoms with Crippen molar-refractivity contribution in [3.8, 4) is 23.0 Å². The molecule has 7 nitrogen and oxygen atoms in total. The molecule has 0 bridgehead atoms. The van der Waals surface area contributed by atoms with Crippen molar-refractivity contribution >= 4 is 11.2 Å². The number of rotatable bonds is 6. The second-order valence-electron chi connectivity index (χ2n) is 5.96. The second kappa shape index (κ2) is 6.87. The second-order valence-corrected chi connectivity index (χ2v) is 5.96. The molecule has 132 valence electrons. The predicted octanol–water partition coefficient (Wildman–Crippen LogP) is 3.15. The first-order chi connectivity index (χ1) is 12.7. The SMILES string of the molecule is COc1cc(CCc2cc(-c3nc4ncccc4[nH]3)n[nH]2)cc(OC)c1. The molecule has 4 aromatic rings. The zero-order valence-electron chi connectivity index (χ0n) is 14.6. The van der Waals surface area contributed by atoms with Crippen molar-refractivity contribution in [3.05, 3.63) is 53.9 Å². The van der Waals surface area contributed by atoms with Gasteiger partial charge in [0.2, 0.25) is 0 Å². The van der Waals surface area contributed by atoms with Crippen molar-refractivity contribution in [2.45, 2.75) is 12.8 Å². The Labute approximate surface area is 150 Å². The maximum Gasteiger partial charge on any atom is 0.178 e. The fraction of sp³-hybridized carbons (Fsp3) is 0.211. The van der Waals surface area contributed by atoms with E-state index in [0.29, 0.717) is 11.5 Å². The number of hydrogen-bond donors (Lipinski definition) is 2. The minimum absolute atomic E-state index is 0.690. The number of ether oxygens (including phenoxy) is 2. The number of hydrogen-bond acceptors (Lipinski definition) is 5. The minimum Gasteiger partial charge on any atom is -0.497 e. The van der Waals surface area contributed by atoms with Gasteiger partial charge in [-0.1, -0.05) is 0 Å². The smallest absolute Gasteiger partial charge is 0.178 e. The van der Waals surface area contributed by atoms with Gasteiger partial charge in [-0.15, -0.1) is 0 Å². The van der Waals surface area contributed by atoms with Crippen LogP contribution in [0.3, 0.4) is 0 Å². The highest BCUT2D eigenvalue weighted by Crippen LogP contribution is 2.24. The van der Waals surface area contributed by atoms with E-state index in [1.807, 2.05) is 36.4 Å². The van der Waals surface area contributed by atoms with Crippen molar-refractivity contribution < 1.29 is 9.47 Å². The third kappa shape index (κ3) is 3.23. The minimum atomic E-state index is 0.690. The molecule has 0 saturated carbocycles. The first-order valence-electron chi connectivity index (χ1n) is 8.32. The van der Waals surface area contributed by atoms with Crippen LogP contribution < -0.4 is 9.47 Å². The number of nitrogens with one attached hydrogen (secondary N) is 2. The first-order valence-corrected chi connectivity index (χ1v) is 8.32. The molecular weight excluding hydrogens is 330 g/mol. The molecule has 0 radical (unpaired) electrons. The highest BCUT2D eigenvalue weighted by atomic mass is 16.5. The van der Waals surface area contributed by atoms with Gasteiger partial charge >= 0.3 is 0 Å². The summed E-state index contributed by atoms with van der Waals surface area (Å²) in [6, 6.07) is 11.7. The van der Waals surface area contributed by atoms with E-state index in [1.54, 1.807) is 20.4 Å². The molecule has 0 amide bonds. The van der Waals surface area contributed by atoms with E-state index in [4.69, 9.17) is 9.47 Å². The van der Waals surface area contributed by atoms with Crippen molar-refractivity contribution in [2.24, 2.45) is 0 Å². The summed E-state index contributed by atoms with van der Waals surface area (Å²) in [5.41, 5.74) is 4.55. The summed E-state index contributed by atoms with van der Waals surface area (Å²) < 4.78 is 10.6. The van der Waals surface area contributed by atoms with Gasteiger partial charge in [-0.3, -0.25) is 5.10 Å². The summed E-state index contributed by atoms with van der Waals surface area (Å²) >= 11 is 0. The van der Waals surface area contributed by atoms with E-state index in [0.717, 1.165) is 46.8 Å². The third-order valence-electron chi connectivity index (χ3n) is 4.23. The normalized spacial score (nSPS) is 11.0. The van der Waals surface area contributed by atoms with Gasteiger partial charge in [-0.25, -0.2) is 9.97 Å². The molecule has 3 aromatic heterocycles. The largest absolute Gasteiger partial charge is 0.497 e. The molecule has 0 aliphatic heterocycles. The Kier molecular flexibility index (Phi) is 4.27. The van der Waals surface area contributed by atoms with E-state index in [9.17, 15) is 0 Å². The Balaban J connectivity index is 1.50. The monoisotopic (exact) mass is 349 g/mol. The van der Waals surface area contributed by atoms with Gasteiger partial charge in [0.1, 0.15) is 17.2 Å². The van der Waals surface area contributed by atoms with Gasteiger partial charge in [0, 0.05) is 18.0 Å². The van der Waals surface area contributed by atoms with Gasteiger partial charge < -0.3 is 14.5 Å². The zero-order chi connectivity index (χ0) is 17.9. The predicted molar refractivity (Wildman–Crippen MR) is 98.4 cm³/mol. The van der Waals surface area contributed by atoms with E-state index >= 15 is 0 Å². The number of fused-ring (bicyclic) bond motifs is 1. The summed E-state index contributed by atoms with van der Waals surface area (Å²) in [6.45, 7) is 0. The van der Waals surface area contributed by atoms with Crippen LogP contribution in [0.2, 0.25) is 0 Å². The molecule has 1 aromatic carbocycles. The van der Waals surface area contributed by atoms with Crippen LogP contribution in [-0.4, -0.2) is 39.4 Å². The van der Waals surface area contributed by atoms with Crippen molar-refractivity contribution in [1.82, 2.24) is 25.1 Å². The maximum absolute atomic E-state index is 5.32. The Morgan fingerprint density at radius 1 is 1.00 bits per heavy atom. The number of nitrogens with zero attached hydrogens (tertiary/aromatic N) is 3. The molecule has 0 fully saturated rings. The fourth-order valence-corrected chi connectivity index (χ4v) is 2.87. The molecule has 7 heteroatoms. The van der Waals surface area contributed by atoms with Crippen LogP contribution in [0.1, 0.15) is 11.3 Å². The molecule has 0 atom stereocenters. The lowest BCUT2D eigenvalue weighted by Crippen LogP contribution is -1.95. The molecule has 0 spiro atoms. The van der Waals surface area contributed by atoms with E-state index < -0.39 is 0 Å². The number of imidazole rings is 1. The topological polar surface area (TPSA) is 88.7 Å². The lowest BCUT2D eigenvalue weighted by Gasteiger charge is -2.07. The molecule has 0 unspecified atom stereocenters. The van der Waals surface area contributed by atoms with Crippen LogP contribution in [-0.2, 0) is 12.8 Å². The van der Waals surface area contributed by atoms with Crippen LogP contribution >= 0.6 is 0 Å². The first kappa shape index (κ1) is 16.1. The lowest BCUT2D eigenvalue weighted by molar-refractivity contribution is 0.393. The van der Waals surface area contributed by atoms with Crippen molar-refractivity contribution in [2.75, 3.05) is 14.2 Å². The fourth-order valence-electron chi connectivity index (χ4n) is 2.87. The highest BCUT2D eigenvalue weighted by molar-refractivity contribution is 5.74. The molecule has 4 rings (SSSR count). The van der Waals surface area contributed by atoms with Crippen molar-refractivity contribution in [1.29, 1.82) is 0 Å².